The van der Waals surface area contributed by atoms with Gasteiger partial charge < -0.3 is 14.6 Å². The number of fused-ring (bicyclic) bond motifs is 1. The van der Waals surface area contributed by atoms with Gasteiger partial charge in [-0.1, -0.05) is 41.9 Å². The Labute approximate surface area is 167 Å². The van der Waals surface area contributed by atoms with Gasteiger partial charge in [0.1, 0.15) is 12.4 Å². The maximum atomic E-state index is 12.5. The number of hydrogen-bond donors (Lipinski definition) is 1. The summed E-state index contributed by atoms with van der Waals surface area (Å²) in [6.07, 6.45) is 0. The lowest BCUT2D eigenvalue weighted by atomic mass is 10.2. The molecular formula is C22H18ClN3O2. The fraction of sp³-hybridized carbons (Fsp3) is 0.0909. The van der Waals surface area contributed by atoms with Gasteiger partial charge in [-0.2, -0.15) is 4.98 Å². The minimum absolute atomic E-state index is 0.271. The molecule has 0 aliphatic carbocycles. The maximum Gasteiger partial charge on any atom is 0.282 e. The fourth-order valence-corrected chi connectivity index (χ4v) is 3.10. The second kappa shape index (κ2) is 8.15. The highest BCUT2D eigenvalue weighted by Crippen LogP contribution is 2.20. The van der Waals surface area contributed by atoms with E-state index in [1.165, 1.54) is 0 Å². The van der Waals surface area contributed by atoms with E-state index in [1.807, 2.05) is 65.2 Å². The van der Waals surface area contributed by atoms with Crippen LogP contribution in [0.5, 0.6) is 5.75 Å². The van der Waals surface area contributed by atoms with Crippen LogP contribution in [0.15, 0.2) is 83.7 Å². The van der Waals surface area contributed by atoms with Crippen LogP contribution in [0.4, 0.5) is 11.6 Å². The third-order valence-electron chi connectivity index (χ3n) is 4.32. The van der Waals surface area contributed by atoms with Crippen LogP contribution in [-0.4, -0.2) is 16.2 Å². The van der Waals surface area contributed by atoms with Crippen LogP contribution in [-0.2, 0) is 6.54 Å². The summed E-state index contributed by atoms with van der Waals surface area (Å²) in [5.74, 6) is 1.26. The predicted octanol–water partition coefficient (Wildman–Crippen LogP) is 4.87. The first-order valence-corrected chi connectivity index (χ1v) is 9.28. The normalized spacial score (nSPS) is 10.8. The summed E-state index contributed by atoms with van der Waals surface area (Å²) in [6.45, 7) is 0.965. The lowest BCUT2D eigenvalue weighted by Crippen LogP contribution is -2.20. The lowest BCUT2D eigenvalue weighted by molar-refractivity contribution is 0.300. The molecule has 4 aromatic rings. The van der Waals surface area contributed by atoms with Gasteiger partial charge in [-0.3, -0.25) is 4.79 Å². The predicted molar refractivity (Wildman–Crippen MR) is 113 cm³/mol. The highest BCUT2D eigenvalue weighted by Gasteiger charge is 2.11. The quantitative estimate of drug-likeness (QED) is 0.509. The smallest absolute Gasteiger partial charge is 0.282 e. The standard InChI is InChI=1S/C22H18ClN3O2/c23-16-10-12-17(13-11-16)24-22-25-21(27)19-8-4-5-9-20(19)26(22)14-15-28-18-6-2-1-3-7-18/h1-13H,14-15H2,(H,24,25,27). The number of hydrogen-bond acceptors (Lipinski definition) is 4. The van der Waals surface area contributed by atoms with Crippen molar-refractivity contribution in [3.8, 4) is 5.75 Å². The minimum atomic E-state index is -0.271. The van der Waals surface area contributed by atoms with Crippen molar-refractivity contribution in [1.29, 1.82) is 0 Å². The van der Waals surface area contributed by atoms with Crippen LogP contribution >= 0.6 is 11.6 Å². The fourth-order valence-electron chi connectivity index (χ4n) is 2.98. The van der Waals surface area contributed by atoms with E-state index < -0.39 is 0 Å². The van der Waals surface area contributed by atoms with Crippen molar-refractivity contribution in [2.24, 2.45) is 0 Å². The van der Waals surface area contributed by atoms with Crippen molar-refractivity contribution in [2.45, 2.75) is 6.54 Å². The zero-order valence-electron chi connectivity index (χ0n) is 15.0. The van der Waals surface area contributed by atoms with E-state index >= 15 is 0 Å². The Morgan fingerprint density at radius 3 is 2.43 bits per heavy atom. The van der Waals surface area contributed by atoms with Gasteiger partial charge in [-0.25, -0.2) is 0 Å². The third-order valence-corrected chi connectivity index (χ3v) is 4.57. The SMILES string of the molecule is O=c1nc(Nc2ccc(Cl)cc2)n(CCOc2ccccc2)c2ccccc12. The lowest BCUT2D eigenvalue weighted by Gasteiger charge is -2.17. The van der Waals surface area contributed by atoms with Crippen molar-refractivity contribution >= 4 is 34.1 Å². The topological polar surface area (TPSA) is 56.2 Å². The van der Waals surface area contributed by atoms with Crippen LogP contribution in [0.3, 0.4) is 0 Å². The van der Waals surface area contributed by atoms with Gasteiger partial charge in [0, 0.05) is 10.7 Å². The molecule has 5 nitrogen and oxygen atoms in total. The number of halogens is 1. The van der Waals surface area contributed by atoms with Crippen molar-refractivity contribution in [2.75, 3.05) is 11.9 Å². The molecule has 0 saturated carbocycles. The summed E-state index contributed by atoms with van der Waals surface area (Å²) < 4.78 is 7.79. The van der Waals surface area contributed by atoms with Gasteiger partial charge in [-0.15, -0.1) is 0 Å². The van der Waals surface area contributed by atoms with Crippen molar-refractivity contribution in [3.05, 3.63) is 94.2 Å². The van der Waals surface area contributed by atoms with Gasteiger partial charge in [0.05, 0.1) is 17.4 Å². The first-order valence-electron chi connectivity index (χ1n) is 8.91. The number of para-hydroxylation sites is 2. The number of nitrogens with zero attached hydrogens (tertiary/aromatic N) is 2. The van der Waals surface area contributed by atoms with E-state index in [4.69, 9.17) is 16.3 Å². The first-order chi connectivity index (χ1) is 13.7. The molecule has 0 atom stereocenters. The maximum absolute atomic E-state index is 12.5. The highest BCUT2D eigenvalue weighted by atomic mass is 35.5. The number of rotatable bonds is 6. The van der Waals surface area contributed by atoms with E-state index in [0.29, 0.717) is 29.5 Å². The summed E-state index contributed by atoms with van der Waals surface area (Å²) in [6, 6.07) is 24.3. The molecule has 6 heteroatoms. The molecule has 0 aliphatic rings. The van der Waals surface area contributed by atoms with Crippen LogP contribution in [0, 0.1) is 0 Å². The second-order valence-corrected chi connectivity index (χ2v) is 6.64. The Hall–Kier alpha value is -3.31. The summed E-state index contributed by atoms with van der Waals surface area (Å²) in [5.41, 5.74) is 1.33. The average Bonchev–Trinajstić information content (AvgIpc) is 2.73. The van der Waals surface area contributed by atoms with Gasteiger partial charge in [0.2, 0.25) is 5.95 Å². The van der Waals surface area contributed by atoms with E-state index in [-0.39, 0.29) is 5.56 Å². The largest absolute Gasteiger partial charge is 0.492 e. The van der Waals surface area contributed by atoms with E-state index in [0.717, 1.165) is 17.0 Å². The molecule has 3 aromatic carbocycles. The summed E-state index contributed by atoms with van der Waals surface area (Å²) in [4.78, 5) is 16.7. The third kappa shape index (κ3) is 4.00. The van der Waals surface area contributed by atoms with Crippen LogP contribution < -0.4 is 15.6 Å². The second-order valence-electron chi connectivity index (χ2n) is 6.20. The molecule has 1 N–H and O–H groups in total. The van der Waals surface area contributed by atoms with Gasteiger partial charge >= 0.3 is 0 Å². The van der Waals surface area contributed by atoms with Crippen molar-refractivity contribution < 1.29 is 4.74 Å². The number of aromatic nitrogens is 2. The Morgan fingerprint density at radius 1 is 0.929 bits per heavy atom. The minimum Gasteiger partial charge on any atom is -0.492 e. The van der Waals surface area contributed by atoms with Crippen LogP contribution in [0.2, 0.25) is 5.02 Å². The molecule has 0 amide bonds. The average molecular weight is 392 g/mol. The molecule has 0 aliphatic heterocycles. The Morgan fingerprint density at radius 2 is 1.64 bits per heavy atom. The molecule has 0 unspecified atom stereocenters. The zero-order chi connectivity index (χ0) is 19.3. The molecule has 140 valence electrons. The van der Waals surface area contributed by atoms with Crippen LogP contribution in [0.25, 0.3) is 10.9 Å². The summed E-state index contributed by atoms with van der Waals surface area (Å²) in [5, 5.41) is 4.44. The van der Waals surface area contributed by atoms with E-state index in [2.05, 4.69) is 10.3 Å². The van der Waals surface area contributed by atoms with E-state index in [9.17, 15) is 4.79 Å². The van der Waals surface area contributed by atoms with E-state index in [1.54, 1.807) is 18.2 Å². The highest BCUT2D eigenvalue weighted by molar-refractivity contribution is 6.30. The molecular weight excluding hydrogens is 374 g/mol. The number of nitrogens with one attached hydrogen (secondary N) is 1. The Kier molecular flexibility index (Phi) is 5.26. The molecule has 1 aromatic heterocycles. The molecule has 28 heavy (non-hydrogen) atoms. The number of ether oxygens (including phenoxy) is 1. The van der Waals surface area contributed by atoms with Gasteiger partial charge in [0.25, 0.3) is 5.56 Å². The number of anilines is 2. The molecule has 0 fully saturated rings. The van der Waals surface area contributed by atoms with Crippen molar-refractivity contribution in [3.63, 3.8) is 0 Å². The zero-order valence-corrected chi connectivity index (χ0v) is 15.8. The molecule has 1 heterocycles. The van der Waals surface area contributed by atoms with Crippen LogP contribution in [0.1, 0.15) is 0 Å². The van der Waals surface area contributed by atoms with Gasteiger partial charge in [-0.05, 0) is 48.5 Å². The Bertz CT molecular complexity index is 1140. The molecule has 4 rings (SSSR count). The monoisotopic (exact) mass is 391 g/mol. The van der Waals surface area contributed by atoms with Gasteiger partial charge in [0.15, 0.2) is 0 Å². The number of benzene rings is 3. The summed E-state index contributed by atoms with van der Waals surface area (Å²) in [7, 11) is 0. The first kappa shape index (κ1) is 18.1. The Balaban J connectivity index is 1.67. The molecule has 0 radical (unpaired) electrons. The molecule has 0 saturated heterocycles. The molecule has 0 bridgehead atoms. The van der Waals surface area contributed by atoms with Crippen molar-refractivity contribution in [1.82, 2.24) is 9.55 Å². The summed E-state index contributed by atoms with van der Waals surface area (Å²) >= 11 is 5.96. The molecule has 0 spiro atoms.